The van der Waals surface area contributed by atoms with E-state index in [0.29, 0.717) is 6.61 Å². The summed E-state index contributed by atoms with van der Waals surface area (Å²) in [7, 11) is 0. The van der Waals surface area contributed by atoms with Gasteiger partial charge in [-0.1, -0.05) is 24.3 Å². The molecule has 1 aromatic carbocycles. The van der Waals surface area contributed by atoms with Gasteiger partial charge in [0.1, 0.15) is 12.4 Å². The van der Waals surface area contributed by atoms with E-state index in [9.17, 15) is 0 Å². The maximum atomic E-state index is 9.10. The number of hydrogen-bond acceptors (Lipinski definition) is 5. The zero-order valence-electron chi connectivity index (χ0n) is 12.9. The van der Waals surface area contributed by atoms with Gasteiger partial charge in [0, 0.05) is 26.2 Å². The van der Waals surface area contributed by atoms with Crippen LogP contribution in [0.3, 0.4) is 0 Å². The topological polar surface area (TPSA) is 63.4 Å². The SMILES string of the molecule is CCn1cnnc1C1CN(Cc2ccc(CO)cc2)CCO1. The van der Waals surface area contributed by atoms with Gasteiger partial charge in [0.15, 0.2) is 5.82 Å². The minimum absolute atomic E-state index is 0.0204. The Labute approximate surface area is 130 Å². The van der Waals surface area contributed by atoms with E-state index in [-0.39, 0.29) is 12.7 Å². The average Bonchev–Trinajstić information content (AvgIpc) is 3.04. The van der Waals surface area contributed by atoms with Crippen LogP contribution in [0.1, 0.15) is 30.0 Å². The summed E-state index contributed by atoms with van der Waals surface area (Å²) < 4.78 is 7.90. The Bertz CT molecular complexity index is 596. The van der Waals surface area contributed by atoms with Crippen LogP contribution in [0.25, 0.3) is 0 Å². The highest BCUT2D eigenvalue weighted by molar-refractivity contribution is 5.22. The quantitative estimate of drug-likeness (QED) is 0.903. The van der Waals surface area contributed by atoms with Gasteiger partial charge in [0.05, 0.1) is 13.2 Å². The Morgan fingerprint density at radius 2 is 2.05 bits per heavy atom. The van der Waals surface area contributed by atoms with E-state index < -0.39 is 0 Å². The summed E-state index contributed by atoms with van der Waals surface area (Å²) in [5.74, 6) is 0.905. The summed E-state index contributed by atoms with van der Waals surface area (Å²) in [6.45, 7) is 6.34. The molecule has 1 aromatic heterocycles. The summed E-state index contributed by atoms with van der Waals surface area (Å²) >= 11 is 0. The van der Waals surface area contributed by atoms with Gasteiger partial charge in [0.25, 0.3) is 0 Å². The monoisotopic (exact) mass is 302 g/mol. The van der Waals surface area contributed by atoms with E-state index in [4.69, 9.17) is 9.84 Å². The fraction of sp³-hybridized carbons (Fsp3) is 0.500. The second-order valence-corrected chi connectivity index (χ2v) is 5.54. The predicted molar refractivity (Wildman–Crippen MR) is 82.0 cm³/mol. The molecule has 1 aliphatic rings. The highest BCUT2D eigenvalue weighted by atomic mass is 16.5. The third-order valence-corrected chi connectivity index (χ3v) is 4.04. The van der Waals surface area contributed by atoms with Crippen LogP contribution >= 0.6 is 0 Å². The first-order chi connectivity index (χ1) is 10.8. The number of morpholine rings is 1. The van der Waals surface area contributed by atoms with Crippen molar-refractivity contribution < 1.29 is 9.84 Å². The van der Waals surface area contributed by atoms with Crippen LogP contribution in [0.15, 0.2) is 30.6 Å². The number of ether oxygens (including phenoxy) is 1. The van der Waals surface area contributed by atoms with Crippen molar-refractivity contribution in [3.63, 3.8) is 0 Å². The molecule has 0 radical (unpaired) electrons. The molecule has 2 aromatic rings. The van der Waals surface area contributed by atoms with Gasteiger partial charge < -0.3 is 14.4 Å². The molecule has 1 N–H and O–H groups in total. The molecule has 1 unspecified atom stereocenters. The van der Waals surface area contributed by atoms with Crippen molar-refractivity contribution in [2.45, 2.75) is 32.7 Å². The average molecular weight is 302 g/mol. The van der Waals surface area contributed by atoms with Crippen molar-refractivity contribution in [3.8, 4) is 0 Å². The van der Waals surface area contributed by atoms with Gasteiger partial charge in [-0.05, 0) is 18.1 Å². The molecule has 0 bridgehead atoms. The molecule has 1 atom stereocenters. The first-order valence-corrected chi connectivity index (χ1v) is 7.70. The van der Waals surface area contributed by atoms with Gasteiger partial charge in [-0.15, -0.1) is 10.2 Å². The first kappa shape index (κ1) is 15.1. The Morgan fingerprint density at radius 1 is 1.27 bits per heavy atom. The molecule has 3 rings (SSSR count). The maximum absolute atomic E-state index is 9.10. The van der Waals surface area contributed by atoms with Crippen LogP contribution in [0.2, 0.25) is 0 Å². The van der Waals surface area contributed by atoms with Gasteiger partial charge >= 0.3 is 0 Å². The molecule has 118 valence electrons. The minimum Gasteiger partial charge on any atom is -0.392 e. The molecule has 1 saturated heterocycles. The lowest BCUT2D eigenvalue weighted by atomic mass is 10.1. The largest absolute Gasteiger partial charge is 0.392 e. The molecule has 0 amide bonds. The van der Waals surface area contributed by atoms with Gasteiger partial charge in [-0.25, -0.2) is 0 Å². The Hall–Kier alpha value is -1.76. The minimum atomic E-state index is -0.0204. The smallest absolute Gasteiger partial charge is 0.163 e. The van der Waals surface area contributed by atoms with Crippen LogP contribution in [0.4, 0.5) is 0 Å². The van der Waals surface area contributed by atoms with Gasteiger partial charge in [-0.3, -0.25) is 4.90 Å². The standard InChI is InChI=1S/C16H22N4O2/c1-2-20-12-17-18-16(20)15-10-19(7-8-22-15)9-13-3-5-14(11-21)6-4-13/h3-6,12,15,21H,2,7-11H2,1H3. The molecule has 6 nitrogen and oxygen atoms in total. The normalized spacial score (nSPS) is 19.5. The Morgan fingerprint density at radius 3 is 2.77 bits per heavy atom. The molecule has 0 spiro atoms. The Kier molecular flexibility index (Phi) is 4.82. The van der Waals surface area contributed by atoms with E-state index in [2.05, 4.69) is 34.2 Å². The second-order valence-electron chi connectivity index (χ2n) is 5.54. The summed E-state index contributed by atoms with van der Waals surface area (Å²) in [5.41, 5.74) is 2.19. The maximum Gasteiger partial charge on any atom is 0.163 e. The highest BCUT2D eigenvalue weighted by Crippen LogP contribution is 2.21. The molecule has 0 aliphatic carbocycles. The van der Waals surface area contributed by atoms with E-state index in [1.165, 1.54) is 5.56 Å². The lowest BCUT2D eigenvalue weighted by molar-refractivity contribution is -0.0388. The number of aliphatic hydroxyl groups excluding tert-OH is 1. The molecule has 2 heterocycles. The predicted octanol–water partition coefficient (Wildman–Crippen LogP) is 1.36. The summed E-state index contributed by atoms with van der Waals surface area (Å²) in [6.07, 6.45) is 1.73. The van der Waals surface area contributed by atoms with Gasteiger partial charge in [-0.2, -0.15) is 0 Å². The van der Waals surface area contributed by atoms with Crippen molar-refractivity contribution >= 4 is 0 Å². The van der Waals surface area contributed by atoms with E-state index in [1.807, 2.05) is 16.7 Å². The first-order valence-electron chi connectivity index (χ1n) is 7.70. The number of hydrogen-bond donors (Lipinski definition) is 1. The molecule has 6 heteroatoms. The van der Waals surface area contributed by atoms with Crippen molar-refractivity contribution in [1.82, 2.24) is 19.7 Å². The number of nitrogens with zero attached hydrogens (tertiary/aromatic N) is 4. The number of rotatable bonds is 5. The zero-order chi connectivity index (χ0) is 15.4. The third kappa shape index (κ3) is 3.35. The summed E-state index contributed by atoms with van der Waals surface area (Å²) in [6, 6.07) is 8.09. The van der Waals surface area contributed by atoms with Crippen molar-refractivity contribution in [2.75, 3.05) is 19.7 Å². The fourth-order valence-electron chi connectivity index (χ4n) is 2.77. The Balaban J connectivity index is 1.65. The van der Waals surface area contributed by atoms with Crippen LogP contribution in [-0.2, 0) is 24.4 Å². The highest BCUT2D eigenvalue weighted by Gasteiger charge is 2.25. The van der Waals surface area contributed by atoms with Crippen LogP contribution in [0, 0.1) is 0 Å². The second kappa shape index (κ2) is 7.00. The van der Waals surface area contributed by atoms with Crippen molar-refractivity contribution in [1.29, 1.82) is 0 Å². The fourth-order valence-corrected chi connectivity index (χ4v) is 2.77. The van der Waals surface area contributed by atoms with E-state index >= 15 is 0 Å². The van der Waals surface area contributed by atoms with Crippen LogP contribution < -0.4 is 0 Å². The zero-order valence-corrected chi connectivity index (χ0v) is 12.9. The third-order valence-electron chi connectivity index (χ3n) is 4.04. The van der Waals surface area contributed by atoms with Crippen LogP contribution in [-0.4, -0.2) is 44.5 Å². The number of aliphatic hydroxyl groups is 1. The van der Waals surface area contributed by atoms with Gasteiger partial charge in [0.2, 0.25) is 0 Å². The summed E-state index contributed by atoms with van der Waals surface area (Å²) in [5, 5.41) is 17.3. The number of aryl methyl sites for hydroxylation is 1. The van der Waals surface area contributed by atoms with Crippen molar-refractivity contribution in [3.05, 3.63) is 47.5 Å². The lowest BCUT2D eigenvalue weighted by Gasteiger charge is -2.32. The van der Waals surface area contributed by atoms with Crippen LogP contribution in [0.5, 0.6) is 0 Å². The van der Waals surface area contributed by atoms with E-state index in [1.54, 1.807) is 6.33 Å². The molecule has 1 aliphatic heterocycles. The molecule has 0 saturated carbocycles. The number of benzene rings is 1. The lowest BCUT2D eigenvalue weighted by Crippen LogP contribution is -2.38. The molecule has 22 heavy (non-hydrogen) atoms. The van der Waals surface area contributed by atoms with Crippen molar-refractivity contribution in [2.24, 2.45) is 0 Å². The summed E-state index contributed by atoms with van der Waals surface area (Å²) in [4.78, 5) is 2.37. The number of aromatic nitrogens is 3. The van der Waals surface area contributed by atoms with E-state index in [0.717, 1.165) is 37.6 Å². The molecular formula is C16H22N4O2. The molecular weight excluding hydrogens is 280 g/mol. The molecule has 1 fully saturated rings.